The van der Waals surface area contributed by atoms with Crippen LogP contribution in [-0.2, 0) is 11.3 Å². The van der Waals surface area contributed by atoms with Crippen LogP contribution < -0.4 is 5.32 Å². The zero-order valence-electron chi connectivity index (χ0n) is 13.1. The number of aliphatic imine (C=N–C) groups is 1. The highest BCUT2D eigenvalue weighted by Gasteiger charge is 2.53. The highest BCUT2D eigenvalue weighted by molar-refractivity contribution is 5.80. The number of hydrogen-bond acceptors (Lipinski definition) is 4. The predicted octanol–water partition coefficient (Wildman–Crippen LogP) is 0.353. The lowest BCUT2D eigenvalue weighted by Crippen LogP contribution is -2.41. The Morgan fingerprint density at radius 1 is 1.32 bits per heavy atom. The van der Waals surface area contributed by atoms with Crippen molar-refractivity contribution in [1.82, 2.24) is 25.0 Å². The van der Waals surface area contributed by atoms with Crippen molar-refractivity contribution in [3.05, 3.63) is 12.7 Å². The number of rotatable bonds is 4. The minimum atomic E-state index is 0.498. The molecule has 0 spiro atoms. The first-order valence-electron chi connectivity index (χ1n) is 8.36. The molecule has 1 aromatic rings. The summed E-state index contributed by atoms with van der Waals surface area (Å²) in [6.07, 6.45) is 6.79. The van der Waals surface area contributed by atoms with Gasteiger partial charge in [-0.25, -0.2) is 4.98 Å². The van der Waals surface area contributed by atoms with Crippen LogP contribution in [0.15, 0.2) is 17.6 Å². The summed E-state index contributed by atoms with van der Waals surface area (Å²) < 4.78 is 7.87. The fraction of sp³-hybridized carbons (Fsp3) is 0.800. The van der Waals surface area contributed by atoms with Crippen LogP contribution in [0.5, 0.6) is 0 Å². The van der Waals surface area contributed by atoms with Gasteiger partial charge >= 0.3 is 0 Å². The minimum Gasteiger partial charge on any atom is -0.374 e. The van der Waals surface area contributed by atoms with Gasteiger partial charge in [-0.05, 0) is 19.8 Å². The van der Waals surface area contributed by atoms with Crippen molar-refractivity contribution in [1.29, 1.82) is 0 Å². The SMILES string of the molecule is CCNC(=NCCn1cncn1)N1CC2C3CCC(O3)C2C1. The Hall–Kier alpha value is -1.63. The molecule has 7 nitrogen and oxygen atoms in total. The largest absolute Gasteiger partial charge is 0.374 e. The molecule has 0 aromatic carbocycles. The standard InChI is InChI=1S/C15H24N6O/c1-2-17-15(18-5-6-21-10-16-9-19-21)20-7-11-12(8-20)14-4-3-13(11)22-14/h9-14H,2-8H2,1H3,(H,17,18). The van der Waals surface area contributed by atoms with Gasteiger partial charge in [0.05, 0.1) is 25.3 Å². The molecule has 3 aliphatic rings. The molecular weight excluding hydrogens is 280 g/mol. The Bertz CT molecular complexity index is 512. The molecule has 2 bridgehead atoms. The van der Waals surface area contributed by atoms with E-state index in [9.17, 15) is 0 Å². The van der Waals surface area contributed by atoms with Gasteiger partial charge in [0.2, 0.25) is 0 Å². The highest BCUT2D eigenvalue weighted by Crippen LogP contribution is 2.47. The summed E-state index contributed by atoms with van der Waals surface area (Å²) in [5.41, 5.74) is 0. The second kappa shape index (κ2) is 5.87. The Morgan fingerprint density at radius 2 is 2.09 bits per heavy atom. The van der Waals surface area contributed by atoms with Gasteiger partial charge in [-0.2, -0.15) is 5.10 Å². The molecule has 1 N–H and O–H groups in total. The molecule has 3 aliphatic heterocycles. The first-order chi connectivity index (χ1) is 10.8. The molecule has 4 unspecified atom stereocenters. The maximum absolute atomic E-state index is 6.05. The topological polar surface area (TPSA) is 67.6 Å². The molecule has 22 heavy (non-hydrogen) atoms. The van der Waals surface area contributed by atoms with E-state index < -0.39 is 0 Å². The molecule has 1 aromatic heterocycles. The average molecular weight is 304 g/mol. The third-order valence-electron chi connectivity index (χ3n) is 5.14. The zero-order valence-corrected chi connectivity index (χ0v) is 13.1. The molecule has 4 rings (SSSR count). The Kier molecular flexibility index (Phi) is 3.73. The lowest BCUT2D eigenvalue weighted by Gasteiger charge is -2.23. The van der Waals surface area contributed by atoms with E-state index in [0.717, 1.165) is 38.7 Å². The van der Waals surface area contributed by atoms with E-state index in [-0.39, 0.29) is 0 Å². The molecule has 3 fully saturated rings. The number of aromatic nitrogens is 3. The molecule has 120 valence electrons. The summed E-state index contributed by atoms with van der Waals surface area (Å²) >= 11 is 0. The Morgan fingerprint density at radius 3 is 2.73 bits per heavy atom. The number of nitrogens with zero attached hydrogens (tertiary/aromatic N) is 5. The van der Waals surface area contributed by atoms with Gasteiger partial charge < -0.3 is 15.0 Å². The van der Waals surface area contributed by atoms with Crippen molar-refractivity contribution in [2.75, 3.05) is 26.2 Å². The fourth-order valence-corrected chi connectivity index (χ4v) is 4.17. The second-order valence-corrected chi connectivity index (χ2v) is 6.42. The summed E-state index contributed by atoms with van der Waals surface area (Å²) in [6, 6.07) is 0. The molecule has 0 amide bonds. The minimum absolute atomic E-state index is 0.498. The van der Waals surface area contributed by atoms with Crippen molar-refractivity contribution in [2.24, 2.45) is 16.8 Å². The second-order valence-electron chi connectivity index (χ2n) is 6.42. The van der Waals surface area contributed by atoms with Crippen LogP contribution in [0.2, 0.25) is 0 Å². The summed E-state index contributed by atoms with van der Waals surface area (Å²) in [7, 11) is 0. The zero-order chi connectivity index (χ0) is 14.9. The molecule has 0 aliphatic carbocycles. The number of nitrogens with one attached hydrogen (secondary N) is 1. The first-order valence-corrected chi connectivity index (χ1v) is 8.36. The average Bonchev–Trinajstić information content (AvgIpc) is 3.27. The van der Waals surface area contributed by atoms with Crippen LogP contribution in [0.4, 0.5) is 0 Å². The third kappa shape index (κ3) is 2.47. The number of hydrogen-bond donors (Lipinski definition) is 1. The van der Waals surface area contributed by atoms with Crippen LogP contribution in [0.25, 0.3) is 0 Å². The van der Waals surface area contributed by atoms with Crippen molar-refractivity contribution < 1.29 is 4.74 Å². The number of guanidine groups is 1. The Balaban J connectivity index is 1.39. The molecule has 4 heterocycles. The lowest BCUT2D eigenvalue weighted by atomic mass is 9.82. The highest BCUT2D eigenvalue weighted by atomic mass is 16.5. The van der Waals surface area contributed by atoms with E-state index >= 15 is 0 Å². The van der Waals surface area contributed by atoms with Crippen LogP contribution >= 0.6 is 0 Å². The van der Waals surface area contributed by atoms with Crippen molar-refractivity contribution >= 4 is 5.96 Å². The van der Waals surface area contributed by atoms with E-state index in [1.54, 1.807) is 12.7 Å². The monoisotopic (exact) mass is 304 g/mol. The van der Waals surface area contributed by atoms with E-state index in [1.807, 2.05) is 4.68 Å². The predicted molar refractivity (Wildman–Crippen MR) is 82.4 cm³/mol. The van der Waals surface area contributed by atoms with Crippen LogP contribution in [-0.4, -0.2) is 64.0 Å². The normalized spacial score (nSPS) is 33.5. The smallest absolute Gasteiger partial charge is 0.194 e. The maximum Gasteiger partial charge on any atom is 0.194 e. The molecule has 0 radical (unpaired) electrons. The van der Waals surface area contributed by atoms with Gasteiger partial charge in [-0.3, -0.25) is 9.67 Å². The molecular formula is C15H24N6O. The summed E-state index contributed by atoms with van der Waals surface area (Å²) in [6.45, 7) is 6.68. The molecule has 4 atom stereocenters. The Labute approximate surface area is 130 Å². The van der Waals surface area contributed by atoms with E-state index in [2.05, 4.69) is 27.2 Å². The maximum atomic E-state index is 6.05. The third-order valence-corrected chi connectivity index (χ3v) is 5.14. The first kappa shape index (κ1) is 14.0. The van der Waals surface area contributed by atoms with Crippen LogP contribution in [0.3, 0.4) is 0 Å². The van der Waals surface area contributed by atoms with Gasteiger partial charge in [0, 0.05) is 31.5 Å². The van der Waals surface area contributed by atoms with Crippen molar-refractivity contribution in [2.45, 2.75) is 38.5 Å². The fourth-order valence-electron chi connectivity index (χ4n) is 4.17. The van der Waals surface area contributed by atoms with Gasteiger partial charge in [-0.1, -0.05) is 0 Å². The van der Waals surface area contributed by atoms with Gasteiger partial charge in [0.1, 0.15) is 12.7 Å². The van der Waals surface area contributed by atoms with E-state index in [1.165, 1.54) is 12.8 Å². The molecule has 3 saturated heterocycles. The summed E-state index contributed by atoms with van der Waals surface area (Å²) in [4.78, 5) is 11.2. The van der Waals surface area contributed by atoms with E-state index in [0.29, 0.717) is 24.0 Å². The van der Waals surface area contributed by atoms with Crippen molar-refractivity contribution in [3.8, 4) is 0 Å². The van der Waals surface area contributed by atoms with Gasteiger partial charge in [-0.15, -0.1) is 0 Å². The lowest BCUT2D eigenvalue weighted by molar-refractivity contribution is 0.0767. The van der Waals surface area contributed by atoms with Crippen LogP contribution in [0, 0.1) is 11.8 Å². The summed E-state index contributed by atoms with van der Waals surface area (Å²) in [5, 5.41) is 7.55. The van der Waals surface area contributed by atoms with Gasteiger partial charge in [0.15, 0.2) is 5.96 Å². The number of fused-ring (bicyclic) bond motifs is 5. The number of ether oxygens (including phenoxy) is 1. The molecule has 0 saturated carbocycles. The quantitative estimate of drug-likeness (QED) is 0.642. The summed E-state index contributed by atoms with van der Waals surface area (Å²) in [5.74, 6) is 2.45. The van der Waals surface area contributed by atoms with E-state index in [4.69, 9.17) is 9.73 Å². The van der Waals surface area contributed by atoms with Crippen LogP contribution in [0.1, 0.15) is 19.8 Å². The van der Waals surface area contributed by atoms with Gasteiger partial charge in [0.25, 0.3) is 0 Å². The van der Waals surface area contributed by atoms with Crippen molar-refractivity contribution in [3.63, 3.8) is 0 Å². The number of likely N-dealkylation sites (tertiary alicyclic amines) is 1. The molecule has 7 heteroatoms.